The summed E-state index contributed by atoms with van der Waals surface area (Å²) in [7, 11) is 1.47. The van der Waals surface area contributed by atoms with E-state index in [1.165, 1.54) is 13.2 Å². The van der Waals surface area contributed by atoms with Gasteiger partial charge in [-0.15, -0.1) is 11.6 Å². The van der Waals surface area contributed by atoms with Gasteiger partial charge in [0.15, 0.2) is 11.2 Å². The van der Waals surface area contributed by atoms with E-state index in [1.54, 1.807) is 32.9 Å². The molecule has 0 aromatic heterocycles. The van der Waals surface area contributed by atoms with E-state index in [0.717, 1.165) is 0 Å². The summed E-state index contributed by atoms with van der Waals surface area (Å²) in [5, 5.41) is 1.73. The Morgan fingerprint density at radius 2 is 1.90 bits per heavy atom. The second-order valence-corrected chi connectivity index (χ2v) is 6.18. The Labute approximate surface area is 128 Å². The van der Waals surface area contributed by atoms with E-state index in [0.29, 0.717) is 16.5 Å². The molecule has 0 spiro atoms. The summed E-state index contributed by atoms with van der Waals surface area (Å²) in [6.45, 7) is 5.12. The Morgan fingerprint density at radius 1 is 1.30 bits per heavy atom. The number of ether oxygens (including phenoxy) is 1. The van der Waals surface area contributed by atoms with Gasteiger partial charge in [0.1, 0.15) is 5.75 Å². The Balaban J connectivity index is 2.91. The number of benzene rings is 1. The van der Waals surface area contributed by atoms with Crippen molar-refractivity contribution in [1.29, 1.82) is 0 Å². The van der Waals surface area contributed by atoms with Crippen molar-refractivity contribution in [1.82, 2.24) is 0 Å². The number of rotatable bonds is 4. The Hall–Kier alpha value is -1.26. The zero-order chi connectivity index (χ0) is 15.5. The van der Waals surface area contributed by atoms with Crippen molar-refractivity contribution in [2.45, 2.75) is 26.1 Å². The third kappa shape index (κ3) is 4.12. The van der Waals surface area contributed by atoms with Gasteiger partial charge in [-0.1, -0.05) is 32.4 Å². The highest BCUT2D eigenvalue weighted by molar-refractivity contribution is 6.43. The van der Waals surface area contributed by atoms with Crippen molar-refractivity contribution in [3.63, 3.8) is 0 Å². The van der Waals surface area contributed by atoms with Crippen LogP contribution in [0.4, 0.5) is 5.69 Å². The van der Waals surface area contributed by atoms with Crippen molar-refractivity contribution in [2.75, 3.05) is 12.4 Å². The molecule has 6 heteroatoms. The van der Waals surface area contributed by atoms with E-state index in [4.69, 9.17) is 27.9 Å². The van der Waals surface area contributed by atoms with Crippen LogP contribution < -0.4 is 10.1 Å². The lowest BCUT2D eigenvalue weighted by molar-refractivity contribution is -0.130. The fourth-order valence-electron chi connectivity index (χ4n) is 1.47. The standard InChI is InChI=1S/C14H17Cl2NO3/c1-14(2,3)12(18)11(16)13(19)17-9-7-8(15)5-6-10(9)20-4/h5-7,11H,1-4H3,(H,17,19). The van der Waals surface area contributed by atoms with E-state index in [-0.39, 0.29) is 5.78 Å². The summed E-state index contributed by atoms with van der Waals surface area (Å²) in [4.78, 5) is 24.0. The molecule has 1 aromatic rings. The maximum atomic E-state index is 12.0. The van der Waals surface area contributed by atoms with Gasteiger partial charge in [-0.2, -0.15) is 0 Å². The zero-order valence-corrected chi connectivity index (χ0v) is 13.3. The van der Waals surface area contributed by atoms with Gasteiger partial charge in [0.2, 0.25) is 5.91 Å². The molecule has 0 aliphatic rings. The highest BCUT2D eigenvalue weighted by atomic mass is 35.5. The monoisotopic (exact) mass is 317 g/mol. The third-order valence-electron chi connectivity index (χ3n) is 2.62. The number of Topliss-reactive ketones (excluding diaryl/α,β-unsaturated/α-hetero) is 1. The van der Waals surface area contributed by atoms with Crippen LogP contribution in [0.2, 0.25) is 5.02 Å². The van der Waals surface area contributed by atoms with Gasteiger partial charge in [0, 0.05) is 10.4 Å². The molecule has 1 rings (SSSR count). The molecule has 0 fully saturated rings. The number of hydrogen-bond acceptors (Lipinski definition) is 3. The molecule has 4 nitrogen and oxygen atoms in total. The third-order valence-corrected chi connectivity index (χ3v) is 3.25. The number of ketones is 1. The predicted molar refractivity (Wildman–Crippen MR) is 80.7 cm³/mol. The number of anilines is 1. The van der Waals surface area contributed by atoms with Crippen molar-refractivity contribution >= 4 is 40.6 Å². The first-order valence-corrected chi connectivity index (χ1v) is 6.81. The molecule has 1 aromatic carbocycles. The van der Waals surface area contributed by atoms with Crippen molar-refractivity contribution in [3.8, 4) is 5.75 Å². The first-order chi connectivity index (χ1) is 9.16. The first-order valence-electron chi connectivity index (χ1n) is 5.99. The lowest BCUT2D eigenvalue weighted by atomic mass is 9.88. The van der Waals surface area contributed by atoms with E-state index < -0.39 is 16.7 Å². The Kier molecular flexibility index (Phi) is 5.42. The van der Waals surface area contributed by atoms with Gasteiger partial charge in [-0.3, -0.25) is 9.59 Å². The number of alkyl halides is 1. The quantitative estimate of drug-likeness (QED) is 0.683. The van der Waals surface area contributed by atoms with Crippen molar-refractivity contribution in [2.24, 2.45) is 5.41 Å². The second kappa shape index (κ2) is 6.46. The molecular formula is C14H17Cl2NO3. The number of halogens is 2. The van der Waals surface area contributed by atoms with Crippen LogP contribution in [0.15, 0.2) is 18.2 Å². The number of carbonyl (C=O) groups excluding carboxylic acids is 2. The molecular weight excluding hydrogens is 301 g/mol. The van der Waals surface area contributed by atoms with Crippen LogP contribution >= 0.6 is 23.2 Å². The largest absolute Gasteiger partial charge is 0.495 e. The summed E-state index contributed by atoms with van der Waals surface area (Å²) in [5.41, 5.74) is -0.320. The summed E-state index contributed by atoms with van der Waals surface area (Å²) < 4.78 is 5.11. The minimum Gasteiger partial charge on any atom is -0.495 e. The number of hydrogen-bond donors (Lipinski definition) is 1. The minimum atomic E-state index is -1.27. The van der Waals surface area contributed by atoms with Crippen LogP contribution in [-0.4, -0.2) is 24.2 Å². The predicted octanol–water partition coefficient (Wildman–Crippen LogP) is 3.51. The lowest BCUT2D eigenvalue weighted by Gasteiger charge is -2.20. The summed E-state index contributed by atoms with van der Waals surface area (Å²) in [6.07, 6.45) is 0. The second-order valence-electron chi connectivity index (χ2n) is 5.31. The lowest BCUT2D eigenvalue weighted by Crippen LogP contribution is -2.37. The summed E-state index contributed by atoms with van der Waals surface area (Å²) in [6, 6.07) is 4.78. The van der Waals surface area contributed by atoms with Crippen LogP contribution in [0, 0.1) is 5.41 Å². The van der Waals surface area contributed by atoms with E-state index in [9.17, 15) is 9.59 Å². The van der Waals surface area contributed by atoms with Gasteiger partial charge < -0.3 is 10.1 Å². The SMILES string of the molecule is COc1ccc(Cl)cc1NC(=O)C(Cl)C(=O)C(C)(C)C. The average molecular weight is 318 g/mol. The molecule has 110 valence electrons. The highest BCUT2D eigenvalue weighted by Crippen LogP contribution is 2.28. The van der Waals surface area contributed by atoms with E-state index in [2.05, 4.69) is 5.32 Å². The average Bonchev–Trinajstić information content (AvgIpc) is 2.36. The van der Waals surface area contributed by atoms with Crippen molar-refractivity contribution in [3.05, 3.63) is 23.2 Å². The molecule has 1 atom stereocenters. The van der Waals surface area contributed by atoms with Gasteiger partial charge in [-0.05, 0) is 18.2 Å². The number of amides is 1. The van der Waals surface area contributed by atoms with E-state index >= 15 is 0 Å². The molecule has 20 heavy (non-hydrogen) atoms. The van der Waals surface area contributed by atoms with Gasteiger partial charge >= 0.3 is 0 Å². The summed E-state index contributed by atoms with van der Waals surface area (Å²) in [5.74, 6) is -0.514. The van der Waals surface area contributed by atoms with Crippen LogP contribution in [0.5, 0.6) is 5.75 Å². The molecule has 0 radical (unpaired) electrons. The topological polar surface area (TPSA) is 55.4 Å². The fourth-order valence-corrected chi connectivity index (χ4v) is 2.03. The molecule has 0 saturated carbocycles. The molecule has 1 unspecified atom stereocenters. The van der Waals surface area contributed by atoms with Gasteiger partial charge in [0.25, 0.3) is 0 Å². The van der Waals surface area contributed by atoms with Crippen LogP contribution in [-0.2, 0) is 9.59 Å². The number of methoxy groups -OCH3 is 1. The maximum Gasteiger partial charge on any atom is 0.250 e. The minimum absolute atomic E-state index is 0.349. The molecule has 0 heterocycles. The molecule has 0 aliphatic carbocycles. The van der Waals surface area contributed by atoms with Crippen LogP contribution in [0.3, 0.4) is 0 Å². The molecule has 1 N–H and O–H groups in total. The highest BCUT2D eigenvalue weighted by Gasteiger charge is 2.33. The Morgan fingerprint density at radius 3 is 2.40 bits per heavy atom. The molecule has 1 amide bonds. The van der Waals surface area contributed by atoms with Crippen LogP contribution in [0.1, 0.15) is 20.8 Å². The smallest absolute Gasteiger partial charge is 0.250 e. The fraction of sp³-hybridized carbons (Fsp3) is 0.429. The normalized spacial score (nSPS) is 12.7. The molecule has 0 bridgehead atoms. The number of carbonyl (C=O) groups is 2. The van der Waals surface area contributed by atoms with Gasteiger partial charge in [-0.25, -0.2) is 0 Å². The maximum absolute atomic E-state index is 12.0. The first kappa shape index (κ1) is 16.8. The zero-order valence-electron chi connectivity index (χ0n) is 11.8. The summed E-state index contributed by atoms with van der Waals surface area (Å²) >= 11 is 11.8. The number of nitrogens with one attached hydrogen (secondary N) is 1. The Bertz CT molecular complexity index is 524. The molecule has 0 saturated heterocycles. The van der Waals surface area contributed by atoms with Crippen LogP contribution in [0.25, 0.3) is 0 Å². The van der Waals surface area contributed by atoms with Crippen molar-refractivity contribution < 1.29 is 14.3 Å². The van der Waals surface area contributed by atoms with Gasteiger partial charge in [0.05, 0.1) is 12.8 Å². The molecule has 0 aliphatic heterocycles. The van der Waals surface area contributed by atoms with E-state index in [1.807, 2.05) is 0 Å².